The molecule has 2 aromatic rings. The van der Waals surface area contributed by atoms with E-state index in [2.05, 4.69) is 22.4 Å². The van der Waals surface area contributed by atoms with Crippen molar-refractivity contribution in [2.45, 2.75) is 44.6 Å². The fourth-order valence-corrected chi connectivity index (χ4v) is 4.90. The van der Waals surface area contributed by atoms with Crippen molar-refractivity contribution < 1.29 is 9.53 Å². The number of nitrogens with zero attached hydrogens (tertiary/aromatic N) is 1. The molecule has 4 heteroatoms. The number of aromatic nitrogens is 1. The van der Waals surface area contributed by atoms with Gasteiger partial charge in [-0.15, -0.1) is 0 Å². The number of hydrogen-bond donors (Lipinski definition) is 1. The minimum atomic E-state index is 0.00290. The first-order valence-electron chi connectivity index (χ1n) is 9.55. The van der Waals surface area contributed by atoms with Gasteiger partial charge in [0.15, 0.2) is 0 Å². The van der Waals surface area contributed by atoms with Crippen LogP contribution in [0.15, 0.2) is 42.6 Å². The number of carbonyl (C=O) groups excluding carboxylic acids is 1. The molecule has 1 amide bonds. The molecule has 4 rings (SSSR count). The van der Waals surface area contributed by atoms with E-state index in [1.807, 2.05) is 31.2 Å². The molecule has 136 valence electrons. The van der Waals surface area contributed by atoms with Gasteiger partial charge in [-0.05, 0) is 61.4 Å². The number of aryl methyl sites for hydroxylation is 1. The topological polar surface area (TPSA) is 51.2 Å². The first-order valence-corrected chi connectivity index (χ1v) is 9.55. The van der Waals surface area contributed by atoms with Crippen LogP contribution < -0.4 is 10.1 Å². The fraction of sp³-hybridized carbons (Fsp3) is 0.455. The third-order valence-corrected chi connectivity index (χ3v) is 6.23. The predicted molar refractivity (Wildman–Crippen MR) is 101 cm³/mol. The summed E-state index contributed by atoms with van der Waals surface area (Å²) < 4.78 is 5.29. The molecule has 2 fully saturated rings. The highest BCUT2D eigenvalue weighted by Gasteiger charge is 2.51. The maximum Gasteiger partial charge on any atom is 0.253 e. The van der Waals surface area contributed by atoms with E-state index < -0.39 is 0 Å². The van der Waals surface area contributed by atoms with E-state index in [0.29, 0.717) is 23.3 Å². The highest BCUT2D eigenvalue weighted by molar-refractivity contribution is 5.95. The second-order valence-corrected chi connectivity index (χ2v) is 7.55. The zero-order valence-electron chi connectivity index (χ0n) is 15.4. The molecule has 1 heterocycles. The van der Waals surface area contributed by atoms with Crippen molar-refractivity contribution in [1.82, 2.24) is 10.3 Å². The van der Waals surface area contributed by atoms with Crippen LogP contribution in [0.5, 0.6) is 5.75 Å². The largest absolute Gasteiger partial charge is 0.497 e. The van der Waals surface area contributed by atoms with Gasteiger partial charge in [-0.2, -0.15) is 0 Å². The molecular formula is C22H26N2O2. The van der Waals surface area contributed by atoms with Crippen LogP contribution in [-0.2, 0) is 0 Å². The zero-order chi connectivity index (χ0) is 18.1. The van der Waals surface area contributed by atoms with E-state index in [0.717, 1.165) is 11.4 Å². The SMILES string of the molecule is COc1ccc([C@H]2[C@@H]3CCCC[C@@H]3[C@@H]2NC(=O)c2cccnc2C)cc1. The van der Waals surface area contributed by atoms with Crippen LogP contribution in [0.3, 0.4) is 0 Å². The van der Waals surface area contributed by atoms with Crippen LogP contribution in [-0.4, -0.2) is 24.0 Å². The molecule has 0 bridgehead atoms. The van der Waals surface area contributed by atoms with E-state index in [4.69, 9.17) is 4.74 Å². The monoisotopic (exact) mass is 350 g/mol. The van der Waals surface area contributed by atoms with Crippen LogP contribution in [0.4, 0.5) is 0 Å². The van der Waals surface area contributed by atoms with Crippen molar-refractivity contribution in [3.8, 4) is 5.75 Å². The summed E-state index contributed by atoms with van der Waals surface area (Å²) in [5.74, 6) is 2.55. The number of amides is 1. The highest BCUT2D eigenvalue weighted by atomic mass is 16.5. The highest BCUT2D eigenvalue weighted by Crippen LogP contribution is 2.54. The van der Waals surface area contributed by atoms with Gasteiger partial charge < -0.3 is 10.1 Å². The lowest BCUT2D eigenvalue weighted by Gasteiger charge is -2.55. The summed E-state index contributed by atoms with van der Waals surface area (Å²) in [5.41, 5.74) is 2.77. The van der Waals surface area contributed by atoms with Gasteiger partial charge in [-0.1, -0.05) is 25.0 Å². The van der Waals surface area contributed by atoms with Crippen LogP contribution in [0.2, 0.25) is 0 Å². The first-order chi connectivity index (χ1) is 12.7. The number of carbonyl (C=O) groups is 1. The average molecular weight is 350 g/mol. The molecule has 0 spiro atoms. The molecule has 1 aromatic heterocycles. The second kappa shape index (κ2) is 7.10. The first kappa shape index (κ1) is 17.1. The minimum absolute atomic E-state index is 0.00290. The van der Waals surface area contributed by atoms with Gasteiger partial charge in [-0.25, -0.2) is 0 Å². The van der Waals surface area contributed by atoms with Crippen molar-refractivity contribution in [2.24, 2.45) is 11.8 Å². The van der Waals surface area contributed by atoms with E-state index >= 15 is 0 Å². The molecule has 2 saturated carbocycles. The van der Waals surface area contributed by atoms with Gasteiger partial charge in [0.25, 0.3) is 5.91 Å². The third kappa shape index (κ3) is 2.98. The molecule has 0 radical (unpaired) electrons. The van der Waals surface area contributed by atoms with Crippen molar-refractivity contribution in [3.63, 3.8) is 0 Å². The smallest absolute Gasteiger partial charge is 0.253 e. The lowest BCUT2D eigenvalue weighted by atomic mass is 9.53. The van der Waals surface area contributed by atoms with Crippen molar-refractivity contribution in [1.29, 1.82) is 0 Å². The van der Waals surface area contributed by atoms with Crippen LogP contribution >= 0.6 is 0 Å². The fourth-order valence-electron chi connectivity index (χ4n) is 4.90. The molecule has 1 aromatic carbocycles. The number of pyridine rings is 1. The maximum atomic E-state index is 12.8. The van der Waals surface area contributed by atoms with Crippen LogP contribution in [0.25, 0.3) is 0 Å². The number of hydrogen-bond acceptors (Lipinski definition) is 3. The number of fused-ring (bicyclic) bond motifs is 1. The second-order valence-electron chi connectivity index (χ2n) is 7.55. The van der Waals surface area contributed by atoms with Gasteiger partial charge in [-0.3, -0.25) is 9.78 Å². The molecule has 0 saturated heterocycles. The maximum absolute atomic E-state index is 12.8. The molecule has 2 aliphatic carbocycles. The Balaban J connectivity index is 1.57. The van der Waals surface area contributed by atoms with Crippen molar-refractivity contribution in [3.05, 3.63) is 59.4 Å². The van der Waals surface area contributed by atoms with E-state index in [-0.39, 0.29) is 11.9 Å². The van der Waals surface area contributed by atoms with E-state index in [1.54, 1.807) is 13.3 Å². The molecule has 26 heavy (non-hydrogen) atoms. The minimum Gasteiger partial charge on any atom is -0.497 e. The average Bonchev–Trinajstić information content (AvgIpc) is 2.67. The Morgan fingerprint density at radius 1 is 1.12 bits per heavy atom. The Morgan fingerprint density at radius 3 is 2.54 bits per heavy atom. The number of benzene rings is 1. The normalized spacial score (nSPS) is 27.2. The summed E-state index contributed by atoms with van der Waals surface area (Å²) in [4.78, 5) is 17.1. The zero-order valence-corrected chi connectivity index (χ0v) is 15.4. The lowest BCUT2D eigenvalue weighted by Crippen LogP contribution is -2.59. The van der Waals surface area contributed by atoms with Gasteiger partial charge in [0.2, 0.25) is 0 Å². The molecule has 0 aliphatic heterocycles. The van der Waals surface area contributed by atoms with Crippen molar-refractivity contribution in [2.75, 3.05) is 7.11 Å². The summed E-state index contributed by atoms with van der Waals surface area (Å²) >= 11 is 0. The summed E-state index contributed by atoms with van der Waals surface area (Å²) in [6.07, 6.45) is 6.78. The van der Waals surface area contributed by atoms with Gasteiger partial charge in [0.05, 0.1) is 12.7 Å². The number of rotatable bonds is 4. The Bertz CT molecular complexity index is 787. The molecule has 0 unspecified atom stereocenters. The van der Waals surface area contributed by atoms with Gasteiger partial charge in [0, 0.05) is 23.9 Å². The van der Waals surface area contributed by atoms with Crippen LogP contribution in [0, 0.1) is 18.8 Å². The van der Waals surface area contributed by atoms with Crippen molar-refractivity contribution >= 4 is 5.91 Å². The Labute approximate surface area is 155 Å². The standard InChI is InChI=1S/C22H26N2O2/c1-14-17(8-5-13-23-14)22(25)24-21-19-7-4-3-6-18(19)20(21)15-9-11-16(26-2)12-10-15/h5,8-13,18-21H,3-4,6-7H2,1-2H3,(H,24,25)/t18-,19+,20+,21+/m1/s1. The molecule has 1 N–H and O–H groups in total. The quantitative estimate of drug-likeness (QED) is 0.903. The lowest BCUT2D eigenvalue weighted by molar-refractivity contribution is 0.0251. The Hall–Kier alpha value is -2.36. The number of methoxy groups -OCH3 is 1. The summed E-state index contributed by atoms with van der Waals surface area (Å²) in [7, 11) is 1.69. The Morgan fingerprint density at radius 2 is 1.85 bits per heavy atom. The van der Waals surface area contributed by atoms with E-state index in [9.17, 15) is 4.79 Å². The molecule has 4 nitrogen and oxygen atoms in total. The van der Waals surface area contributed by atoms with Crippen LogP contribution in [0.1, 0.15) is 53.2 Å². The van der Waals surface area contributed by atoms with Gasteiger partial charge in [0.1, 0.15) is 5.75 Å². The number of nitrogens with one attached hydrogen (secondary N) is 1. The molecule has 4 atom stereocenters. The van der Waals surface area contributed by atoms with E-state index in [1.165, 1.54) is 31.2 Å². The van der Waals surface area contributed by atoms with Gasteiger partial charge >= 0.3 is 0 Å². The predicted octanol–water partition coefficient (Wildman–Crippen LogP) is 4.10. The summed E-state index contributed by atoms with van der Waals surface area (Å²) in [6.45, 7) is 1.89. The Kier molecular flexibility index (Phi) is 4.66. The number of ether oxygens (including phenoxy) is 1. The molecule has 2 aliphatic rings. The molecular weight excluding hydrogens is 324 g/mol. The third-order valence-electron chi connectivity index (χ3n) is 6.23. The summed E-state index contributed by atoms with van der Waals surface area (Å²) in [5, 5.41) is 3.34. The summed E-state index contributed by atoms with van der Waals surface area (Å²) in [6, 6.07) is 12.3.